The number of pyridine rings is 1. The Morgan fingerprint density at radius 3 is 2.58 bits per heavy atom. The lowest BCUT2D eigenvalue weighted by atomic mass is 10.1. The number of nitrogens with one attached hydrogen (secondary N) is 1. The van der Waals surface area contributed by atoms with E-state index in [0.717, 1.165) is 33.6 Å². The van der Waals surface area contributed by atoms with E-state index in [4.69, 9.17) is 9.47 Å². The van der Waals surface area contributed by atoms with Crippen molar-refractivity contribution in [2.75, 3.05) is 10.8 Å². The summed E-state index contributed by atoms with van der Waals surface area (Å²) >= 11 is 0. The van der Waals surface area contributed by atoms with Crippen molar-refractivity contribution in [3.05, 3.63) is 89.7 Å². The first kappa shape index (κ1) is 31.8. The Kier molecular flexibility index (Phi) is 8.53. The van der Waals surface area contributed by atoms with Gasteiger partial charge < -0.3 is 14.8 Å². The minimum atomic E-state index is -4.77. The fraction of sp³-hybridized carbons (Fsp3) is 0.323. The molecule has 5 rings (SSSR count). The number of esters is 1. The van der Waals surface area contributed by atoms with Gasteiger partial charge in [0.1, 0.15) is 17.5 Å². The molecule has 2 aromatic heterocycles. The molecular weight excluding hydrogens is 613 g/mol. The van der Waals surface area contributed by atoms with Gasteiger partial charge in [0, 0.05) is 18.3 Å². The van der Waals surface area contributed by atoms with Crippen molar-refractivity contribution in [3.63, 3.8) is 0 Å². The number of fused-ring (bicyclic) bond motifs is 2. The van der Waals surface area contributed by atoms with Gasteiger partial charge in [-0.25, -0.2) is 12.9 Å². The first-order valence-electron chi connectivity index (χ1n) is 14.0. The normalized spacial score (nSPS) is 15.3. The lowest BCUT2D eigenvalue weighted by Crippen LogP contribution is -2.45. The van der Waals surface area contributed by atoms with E-state index in [1.807, 2.05) is 18.2 Å². The fourth-order valence-corrected chi connectivity index (χ4v) is 6.45. The molecule has 14 heteroatoms. The van der Waals surface area contributed by atoms with Gasteiger partial charge in [-0.05, 0) is 68.8 Å². The molecule has 0 saturated carbocycles. The number of hydrogen-bond acceptors (Lipinski definition) is 7. The first-order chi connectivity index (χ1) is 21.1. The van der Waals surface area contributed by atoms with Crippen molar-refractivity contribution < 1.29 is 40.7 Å². The molecule has 1 aliphatic heterocycles. The number of alkyl halides is 3. The molecule has 4 aromatic rings. The number of ether oxygens (including phenoxy) is 2. The average Bonchev–Trinajstić information content (AvgIpc) is 3.37. The van der Waals surface area contributed by atoms with E-state index in [0.29, 0.717) is 11.6 Å². The topological polar surface area (TPSA) is 119 Å². The van der Waals surface area contributed by atoms with Crippen LogP contribution in [0, 0.1) is 0 Å². The van der Waals surface area contributed by atoms with Crippen molar-refractivity contribution in [3.8, 4) is 5.75 Å². The number of rotatable bonds is 8. The minimum Gasteiger partial charge on any atom is -0.486 e. The van der Waals surface area contributed by atoms with Crippen molar-refractivity contribution in [2.24, 2.45) is 0 Å². The second kappa shape index (κ2) is 12.1. The standard InChI is InChI=1S/C31H31F3N4O6S/c1-30(2,3)44-29(40)14-20-10-11-27-26(13-20)38(45(41,42)24-8-6-7-22(15-24)31(32,33)34)19-23(43-27)16-28(39)35-17-21-18-36-37-12-5-4-9-25(21)37/h4-13,15,18,23H,14,16-17,19H2,1-3H3,(H,35,39)/t23-/m0/s1. The van der Waals surface area contributed by atoms with E-state index in [1.165, 1.54) is 12.1 Å². The first-order valence-corrected chi connectivity index (χ1v) is 15.4. The number of benzene rings is 2. The summed E-state index contributed by atoms with van der Waals surface area (Å²) in [6.07, 6.45) is -2.77. The Hall–Kier alpha value is -4.59. The quantitative estimate of drug-likeness (QED) is 0.271. The van der Waals surface area contributed by atoms with Crippen LogP contribution < -0.4 is 14.4 Å². The van der Waals surface area contributed by atoms with Gasteiger partial charge in [0.25, 0.3) is 10.0 Å². The highest BCUT2D eigenvalue weighted by atomic mass is 32.2. The van der Waals surface area contributed by atoms with Crippen LogP contribution in [0.3, 0.4) is 0 Å². The molecule has 1 aliphatic rings. The average molecular weight is 645 g/mol. The van der Waals surface area contributed by atoms with Crippen LogP contribution in [0.4, 0.5) is 18.9 Å². The number of amides is 1. The smallest absolute Gasteiger partial charge is 0.416 e. The summed E-state index contributed by atoms with van der Waals surface area (Å²) < 4.78 is 82.2. The summed E-state index contributed by atoms with van der Waals surface area (Å²) in [6.45, 7) is 4.93. The van der Waals surface area contributed by atoms with Gasteiger partial charge in [0.15, 0.2) is 0 Å². The van der Waals surface area contributed by atoms with Crippen LogP contribution in [0.25, 0.3) is 5.52 Å². The molecule has 0 unspecified atom stereocenters. The maximum absolute atomic E-state index is 13.9. The van der Waals surface area contributed by atoms with Gasteiger partial charge >= 0.3 is 12.1 Å². The number of anilines is 1. The summed E-state index contributed by atoms with van der Waals surface area (Å²) in [6, 6.07) is 13.4. The van der Waals surface area contributed by atoms with Gasteiger partial charge in [0.05, 0.1) is 47.2 Å². The molecule has 0 spiro atoms. The van der Waals surface area contributed by atoms with Crippen molar-refractivity contribution in [1.29, 1.82) is 0 Å². The molecule has 45 heavy (non-hydrogen) atoms. The van der Waals surface area contributed by atoms with Gasteiger partial charge in [0.2, 0.25) is 5.91 Å². The van der Waals surface area contributed by atoms with E-state index in [2.05, 4.69) is 10.4 Å². The summed E-state index contributed by atoms with van der Waals surface area (Å²) in [5.74, 6) is -0.894. The van der Waals surface area contributed by atoms with Gasteiger partial charge in [-0.2, -0.15) is 18.3 Å². The molecular formula is C31H31F3N4O6S. The Balaban J connectivity index is 1.41. The molecule has 1 amide bonds. The van der Waals surface area contributed by atoms with Crippen LogP contribution in [0.15, 0.2) is 78.0 Å². The number of carbonyl (C=O) groups excluding carboxylic acids is 2. The third kappa shape index (κ3) is 7.39. The summed E-state index contributed by atoms with van der Waals surface area (Å²) in [5, 5.41) is 7.03. The number of hydrogen-bond donors (Lipinski definition) is 1. The monoisotopic (exact) mass is 644 g/mol. The number of sulfonamides is 1. The largest absolute Gasteiger partial charge is 0.486 e. The van der Waals surface area contributed by atoms with Crippen LogP contribution in [-0.4, -0.2) is 48.2 Å². The molecule has 3 heterocycles. The Morgan fingerprint density at radius 1 is 1.07 bits per heavy atom. The zero-order valence-electron chi connectivity index (χ0n) is 24.7. The molecule has 2 aromatic carbocycles. The highest BCUT2D eigenvalue weighted by Crippen LogP contribution is 2.39. The number of aromatic nitrogens is 2. The van der Waals surface area contributed by atoms with E-state index in [-0.39, 0.29) is 37.4 Å². The third-order valence-electron chi connectivity index (χ3n) is 6.87. The zero-order valence-corrected chi connectivity index (χ0v) is 25.5. The molecule has 0 fully saturated rings. The highest BCUT2D eigenvalue weighted by Gasteiger charge is 2.38. The maximum atomic E-state index is 13.9. The van der Waals surface area contributed by atoms with Crippen molar-refractivity contribution >= 4 is 33.1 Å². The third-order valence-corrected chi connectivity index (χ3v) is 8.64. The predicted octanol–water partition coefficient (Wildman–Crippen LogP) is 4.90. The van der Waals surface area contributed by atoms with Crippen LogP contribution in [0.1, 0.15) is 43.9 Å². The van der Waals surface area contributed by atoms with Crippen LogP contribution in [0.5, 0.6) is 5.75 Å². The molecule has 0 radical (unpaired) electrons. The highest BCUT2D eigenvalue weighted by molar-refractivity contribution is 7.92. The van der Waals surface area contributed by atoms with Gasteiger partial charge in [-0.1, -0.05) is 18.2 Å². The van der Waals surface area contributed by atoms with Crippen LogP contribution in [0.2, 0.25) is 0 Å². The predicted molar refractivity (Wildman–Crippen MR) is 158 cm³/mol. The molecule has 0 aliphatic carbocycles. The second-order valence-corrected chi connectivity index (χ2v) is 13.4. The summed E-state index contributed by atoms with van der Waals surface area (Å²) in [5.41, 5.74) is 0.134. The summed E-state index contributed by atoms with van der Waals surface area (Å²) in [7, 11) is -4.58. The fourth-order valence-electron chi connectivity index (χ4n) is 4.90. The summed E-state index contributed by atoms with van der Waals surface area (Å²) in [4.78, 5) is 24.9. The Bertz CT molecular complexity index is 1850. The SMILES string of the molecule is CC(C)(C)OC(=O)Cc1ccc2c(c1)N(S(=O)(=O)c1cccc(C(F)(F)F)c1)C[C@H](CC(=O)NCc1cnn3ccccc13)O2. The Morgan fingerprint density at radius 2 is 1.84 bits per heavy atom. The number of halogens is 3. The maximum Gasteiger partial charge on any atom is 0.416 e. The van der Waals surface area contributed by atoms with Crippen LogP contribution in [-0.2, 0) is 43.5 Å². The molecule has 238 valence electrons. The van der Waals surface area contributed by atoms with Gasteiger partial charge in [-0.15, -0.1) is 0 Å². The van der Waals surface area contributed by atoms with E-state index < -0.39 is 50.2 Å². The van der Waals surface area contributed by atoms with E-state index in [9.17, 15) is 31.2 Å². The minimum absolute atomic E-state index is 0.0245. The molecule has 1 N–H and O–H groups in total. The van der Waals surface area contributed by atoms with Crippen LogP contribution >= 0.6 is 0 Å². The van der Waals surface area contributed by atoms with E-state index >= 15 is 0 Å². The number of nitrogens with zero attached hydrogens (tertiary/aromatic N) is 3. The molecule has 1 atom stereocenters. The molecule has 0 saturated heterocycles. The lowest BCUT2D eigenvalue weighted by molar-refractivity contribution is -0.154. The van der Waals surface area contributed by atoms with Crippen molar-refractivity contribution in [1.82, 2.24) is 14.9 Å². The molecule has 10 nitrogen and oxygen atoms in total. The van der Waals surface area contributed by atoms with Crippen molar-refractivity contribution in [2.45, 2.75) is 62.9 Å². The lowest BCUT2D eigenvalue weighted by Gasteiger charge is -2.35. The van der Waals surface area contributed by atoms with Gasteiger partial charge in [-0.3, -0.25) is 13.9 Å². The van der Waals surface area contributed by atoms with E-state index in [1.54, 1.807) is 43.7 Å². The second-order valence-electron chi connectivity index (χ2n) is 11.5. The number of carbonyl (C=O) groups is 2. The molecule has 0 bridgehead atoms. The Labute approximate surface area is 257 Å². The zero-order chi connectivity index (χ0) is 32.6.